The number of carbonyl (C=O) groups excluding carboxylic acids is 3. The first-order chi connectivity index (χ1) is 15.9. The zero-order valence-corrected chi connectivity index (χ0v) is 18.7. The summed E-state index contributed by atoms with van der Waals surface area (Å²) < 4.78 is 10.5. The highest BCUT2D eigenvalue weighted by molar-refractivity contribution is 6.12. The molecule has 2 fully saturated rings. The summed E-state index contributed by atoms with van der Waals surface area (Å²) >= 11 is 0. The van der Waals surface area contributed by atoms with Gasteiger partial charge in [-0.2, -0.15) is 0 Å². The molecule has 3 aliphatic heterocycles. The lowest BCUT2D eigenvalue weighted by molar-refractivity contribution is -0.147. The smallest absolute Gasteiger partial charge is 0.335 e. The van der Waals surface area contributed by atoms with E-state index >= 15 is 0 Å². The number of methoxy groups -OCH3 is 1. The standard InChI is InChI=1S/C23H29N3O7/c1-32-23(31)15-6-8-24(9-7-15)13-20(27)26-14-21(28)25(12-17-3-2-10-33-17)18-5-4-16(22(29)30)11-19(18)26/h4-5,11,15,17H,2-3,6-10,12-14H2,1H3,(H,29,30). The van der Waals surface area contributed by atoms with Crippen LogP contribution in [0.2, 0.25) is 0 Å². The van der Waals surface area contributed by atoms with Gasteiger partial charge in [-0.05, 0) is 57.0 Å². The van der Waals surface area contributed by atoms with E-state index in [4.69, 9.17) is 9.47 Å². The zero-order chi connectivity index (χ0) is 23.5. The number of anilines is 2. The van der Waals surface area contributed by atoms with Crippen molar-refractivity contribution in [1.82, 2.24) is 4.90 Å². The van der Waals surface area contributed by atoms with Gasteiger partial charge in [-0.3, -0.25) is 24.2 Å². The zero-order valence-electron chi connectivity index (χ0n) is 18.7. The second-order valence-corrected chi connectivity index (χ2v) is 8.70. The Kier molecular flexibility index (Phi) is 6.94. The predicted molar refractivity (Wildman–Crippen MR) is 118 cm³/mol. The summed E-state index contributed by atoms with van der Waals surface area (Å²) in [7, 11) is 1.37. The number of ether oxygens (including phenoxy) is 2. The van der Waals surface area contributed by atoms with E-state index in [1.165, 1.54) is 24.1 Å². The van der Waals surface area contributed by atoms with Gasteiger partial charge in [-0.15, -0.1) is 0 Å². The molecule has 0 radical (unpaired) electrons. The highest BCUT2D eigenvalue weighted by Crippen LogP contribution is 2.36. The number of amides is 2. The topological polar surface area (TPSA) is 117 Å². The molecule has 1 atom stereocenters. The third-order valence-corrected chi connectivity index (χ3v) is 6.59. The number of hydrogen-bond acceptors (Lipinski definition) is 7. The number of rotatable bonds is 6. The fraction of sp³-hybridized carbons (Fsp3) is 0.565. The summed E-state index contributed by atoms with van der Waals surface area (Å²) in [5, 5.41) is 9.46. The van der Waals surface area contributed by atoms with Crippen molar-refractivity contribution in [2.75, 3.05) is 56.2 Å². The summed E-state index contributed by atoms with van der Waals surface area (Å²) in [4.78, 5) is 54.5. The van der Waals surface area contributed by atoms with Crippen LogP contribution in [0, 0.1) is 5.92 Å². The Bertz CT molecular complexity index is 936. The SMILES string of the molecule is COC(=O)C1CCN(CC(=O)N2CC(=O)N(CC3CCCO3)c3ccc(C(=O)O)cc32)CC1. The number of carboxylic acids is 1. The Hall–Kier alpha value is -2.98. The van der Waals surface area contributed by atoms with E-state index in [0.717, 1.165) is 12.8 Å². The second kappa shape index (κ2) is 9.88. The Balaban J connectivity index is 1.52. The minimum Gasteiger partial charge on any atom is -0.478 e. The summed E-state index contributed by atoms with van der Waals surface area (Å²) in [5.41, 5.74) is 0.989. The van der Waals surface area contributed by atoms with Crippen molar-refractivity contribution in [3.05, 3.63) is 23.8 Å². The van der Waals surface area contributed by atoms with Gasteiger partial charge in [0.05, 0.1) is 49.2 Å². The number of nitrogens with zero attached hydrogens (tertiary/aromatic N) is 3. The quantitative estimate of drug-likeness (QED) is 0.630. The highest BCUT2D eigenvalue weighted by Gasteiger charge is 2.36. The van der Waals surface area contributed by atoms with Crippen molar-refractivity contribution in [3.8, 4) is 0 Å². The maximum atomic E-state index is 13.2. The number of piperidine rings is 1. The van der Waals surface area contributed by atoms with E-state index in [1.807, 2.05) is 4.90 Å². The van der Waals surface area contributed by atoms with Crippen molar-refractivity contribution in [1.29, 1.82) is 0 Å². The number of esters is 1. The predicted octanol–water partition coefficient (Wildman–Crippen LogP) is 1.13. The van der Waals surface area contributed by atoms with Crippen LogP contribution in [0.4, 0.5) is 11.4 Å². The van der Waals surface area contributed by atoms with E-state index < -0.39 is 5.97 Å². The van der Waals surface area contributed by atoms with Gasteiger partial charge in [0.25, 0.3) is 0 Å². The molecular formula is C23H29N3O7. The third-order valence-electron chi connectivity index (χ3n) is 6.59. The van der Waals surface area contributed by atoms with Gasteiger partial charge in [-0.1, -0.05) is 0 Å². The average molecular weight is 459 g/mol. The Labute approximate surface area is 192 Å². The molecule has 1 aromatic rings. The number of hydrogen-bond donors (Lipinski definition) is 1. The normalized spacial score (nSPS) is 21.7. The van der Waals surface area contributed by atoms with Crippen molar-refractivity contribution < 1.29 is 33.8 Å². The van der Waals surface area contributed by atoms with Crippen LogP contribution >= 0.6 is 0 Å². The molecular weight excluding hydrogens is 430 g/mol. The molecule has 4 rings (SSSR count). The molecule has 10 nitrogen and oxygen atoms in total. The molecule has 1 N–H and O–H groups in total. The highest BCUT2D eigenvalue weighted by atomic mass is 16.5. The maximum Gasteiger partial charge on any atom is 0.335 e. The fourth-order valence-corrected chi connectivity index (χ4v) is 4.73. The van der Waals surface area contributed by atoms with Gasteiger partial charge >= 0.3 is 11.9 Å². The molecule has 0 saturated carbocycles. The monoisotopic (exact) mass is 459 g/mol. The first-order valence-electron chi connectivity index (χ1n) is 11.3. The van der Waals surface area contributed by atoms with Crippen LogP contribution in [0.5, 0.6) is 0 Å². The van der Waals surface area contributed by atoms with Crippen LogP contribution in [-0.4, -0.2) is 86.3 Å². The first kappa shape index (κ1) is 23.2. The Morgan fingerprint density at radius 3 is 2.55 bits per heavy atom. The van der Waals surface area contributed by atoms with Gasteiger partial charge < -0.3 is 19.5 Å². The Morgan fingerprint density at radius 2 is 1.91 bits per heavy atom. The van der Waals surface area contributed by atoms with Crippen LogP contribution in [-0.2, 0) is 23.9 Å². The van der Waals surface area contributed by atoms with Crippen LogP contribution in [0.25, 0.3) is 0 Å². The number of fused-ring (bicyclic) bond motifs is 1. The largest absolute Gasteiger partial charge is 0.478 e. The summed E-state index contributed by atoms with van der Waals surface area (Å²) in [6.45, 7) is 2.11. The van der Waals surface area contributed by atoms with E-state index in [1.54, 1.807) is 11.0 Å². The average Bonchev–Trinajstić information content (AvgIpc) is 3.33. The van der Waals surface area contributed by atoms with Crippen LogP contribution < -0.4 is 9.80 Å². The molecule has 0 spiro atoms. The molecule has 3 heterocycles. The maximum absolute atomic E-state index is 13.2. The van der Waals surface area contributed by atoms with Crippen molar-refractivity contribution in [2.24, 2.45) is 5.92 Å². The molecule has 2 saturated heterocycles. The van der Waals surface area contributed by atoms with Crippen LogP contribution in [0.15, 0.2) is 18.2 Å². The van der Waals surface area contributed by atoms with Gasteiger partial charge in [-0.25, -0.2) is 4.79 Å². The van der Waals surface area contributed by atoms with Gasteiger partial charge in [0.2, 0.25) is 11.8 Å². The molecule has 2 amide bonds. The summed E-state index contributed by atoms with van der Waals surface area (Å²) in [6, 6.07) is 4.49. The molecule has 178 valence electrons. The molecule has 1 unspecified atom stereocenters. The van der Waals surface area contributed by atoms with Crippen LogP contribution in [0.1, 0.15) is 36.0 Å². The number of likely N-dealkylation sites (tertiary alicyclic amines) is 1. The minimum absolute atomic E-state index is 0.0526. The lowest BCUT2D eigenvalue weighted by atomic mass is 9.97. The van der Waals surface area contributed by atoms with Crippen molar-refractivity contribution >= 4 is 35.1 Å². The van der Waals surface area contributed by atoms with Gasteiger partial charge in [0.15, 0.2) is 0 Å². The molecule has 0 aromatic heterocycles. The molecule has 0 aliphatic carbocycles. The first-order valence-corrected chi connectivity index (χ1v) is 11.3. The van der Waals surface area contributed by atoms with Crippen molar-refractivity contribution in [3.63, 3.8) is 0 Å². The lowest BCUT2D eigenvalue weighted by Crippen LogP contribution is -2.52. The summed E-state index contributed by atoms with van der Waals surface area (Å²) in [5.74, 6) is -2.00. The summed E-state index contributed by atoms with van der Waals surface area (Å²) in [6.07, 6.45) is 2.94. The van der Waals surface area contributed by atoms with Crippen molar-refractivity contribution in [2.45, 2.75) is 31.8 Å². The van der Waals surface area contributed by atoms with Gasteiger partial charge in [0, 0.05) is 6.61 Å². The fourth-order valence-electron chi connectivity index (χ4n) is 4.73. The molecule has 1 aromatic carbocycles. The number of aromatic carboxylic acids is 1. The van der Waals surface area contributed by atoms with Crippen LogP contribution in [0.3, 0.4) is 0 Å². The molecule has 0 bridgehead atoms. The van der Waals surface area contributed by atoms with E-state index in [2.05, 4.69) is 0 Å². The van der Waals surface area contributed by atoms with E-state index in [0.29, 0.717) is 50.5 Å². The minimum atomic E-state index is -1.10. The molecule has 3 aliphatic rings. The van der Waals surface area contributed by atoms with E-state index in [-0.39, 0.29) is 48.5 Å². The number of carboxylic acid groups (broad SMARTS) is 1. The van der Waals surface area contributed by atoms with E-state index in [9.17, 15) is 24.3 Å². The molecule has 33 heavy (non-hydrogen) atoms. The Morgan fingerprint density at radius 1 is 1.15 bits per heavy atom. The molecule has 10 heteroatoms. The lowest BCUT2D eigenvalue weighted by Gasteiger charge is -2.38. The second-order valence-electron chi connectivity index (χ2n) is 8.70. The van der Waals surface area contributed by atoms with Gasteiger partial charge in [0.1, 0.15) is 6.54 Å². The number of benzene rings is 1. The third kappa shape index (κ3) is 5.01. The number of carbonyl (C=O) groups is 4.